The Bertz CT molecular complexity index is 217. The molecule has 1 amide bonds. The first-order valence-electron chi connectivity index (χ1n) is 5.04. The van der Waals surface area contributed by atoms with Gasteiger partial charge in [-0.15, -0.1) is 0 Å². The Hall–Kier alpha value is -0.570. The van der Waals surface area contributed by atoms with Crippen LogP contribution in [0, 0.1) is 11.8 Å². The molecule has 13 heavy (non-hydrogen) atoms. The number of methoxy groups -OCH3 is 1. The lowest BCUT2D eigenvalue weighted by molar-refractivity contribution is -0.132. The van der Waals surface area contributed by atoms with Crippen LogP contribution in [0.4, 0.5) is 0 Å². The molecule has 0 unspecified atom stereocenters. The predicted molar refractivity (Wildman–Crippen MR) is 49.3 cm³/mol. The van der Waals surface area contributed by atoms with Gasteiger partial charge in [-0.2, -0.15) is 0 Å². The molecular formula is C10H17NO2. The largest absolute Gasteiger partial charge is 0.380 e. The van der Waals surface area contributed by atoms with Gasteiger partial charge in [-0.1, -0.05) is 6.92 Å². The summed E-state index contributed by atoms with van der Waals surface area (Å²) in [5.41, 5.74) is 0. The lowest BCUT2D eigenvalue weighted by atomic mass is 10.3. The zero-order chi connectivity index (χ0) is 9.42. The molecule has 0 aromatic carbocycles. The molecule has 0 bridgehead atoms. The summed E-state index contributed by atoms with van der Waals surface area (Å²) in [6.07, 6.45) is 2.37. The van der Waals surface area contributed by atoms with Gasteiger partial charge in [-0.05, 0) is 18.8 Å². The van der Waals surface area contributed by atoms with Crippen molar-refractivity contribution in [3.63, 3.8) is 0 Å². The maximum atomic E-state index is 11.7. The number of rotatable bonds is 2. The molecule has 0 aromatic heterocycles. The molecule has 0 spiro atoms. The summed E-state index contributed by atoms with van der Waals surface area (Å²) in [6.45, 7) is 3.84. The van der Waals surface area contributed by atoms with Gasteiger partial charge < -0.3 is 9.64 Å². The molecule has 1 heterocycles. The molecule has 2 rings (SSSR count). The molecule has 1 saturated carbocycles. The fraction of sp³-hybridized carbons (Fsp3) is 0.900. The van der Waals surface area contributed by atoms with E-state index in [4.69, 9.17) is 4.74 Å². The second-order valence-corrected chi connectivity index (χ2v) is 4.25. The van der Waals surface area contributed by atoms with Crippen LogP contribution in [0.15, 0.2) is 0 Å². The third kappa shape index (κ3) is 1.70. The molecule has 3 heteroatoms. The molecule has 1 saturated heterocycles. The number of nitrogens with zero attached hydrogens (tertiary/aromatic N) is 1. The van der Waals surface area contributed by atoms with Crippen molar-refractivity contribution in [2.24, 2.45) is 11.8 Å². The van der Waals surface area contributed by atoms with E-state index >= 15 is 0 Å². The van der Waals surface area contributed by atoms with E-state index in [-0.39, 0.29) is 6.10 Å². The first-order valence-corrected chi connectivity index (χ1v) is 5.04. The normalized spacial score (nSPS) is 38.0. The topological polar surface area (TPSA) is 29.5 Å². The number of hydrogen-bond acceptors (Lipinski definition) is 2. The van der Waals surface area contributed by atoms with Crippen molar-refractivity contribution in [3.05, 3.63) is 0 Å². The van der Waals surface area contributed by atoms with Crippen molar-refractivity contribution in [1.82, 2.24) is 4.90 Å². The smallest absolute Gasteiger partial charge is 0.226 e. The molecule has 3 nitrogen and oxygen atoms in total. The molecule has 3 atom stereocenters. The Morgan fingerprint density at radius 1 is 1.54 bits per heavy atom. The Morgan fingerprint density at radius 2 is 2.23 bits per heavy atom. The van der Waals surface area contributed by atoms with Gasteiger partial charge in [0, 0.05) is 26.1 Å². The van der Waals surface area contributed by atoms with Crippen LogP contribution >= 0.6 is 0 Å². The number of ether oxygens (including phenoxy) is 1. The van der Waals surface area contributed by atoms with Crippen LogP contribution in [0.5, 0.6) is 0 Å². The standard InChI is InChI=1S/C10H17NO2/c1-7-5-9(7)10(12)11-4-3-8(6-11)13-2/h7-9H,3-6H2,1-2H3/t7-,8-,9-/m0/s1. The van der Waals surface area contributed by atoms with Gasteiger partial charge in [0.2, 0.25) is 5.91 Å². The quantitative estimate of drug-likeness (QED) is 0.636. The van der Waals surface area contributed by atoms with E-state index in [9.17, 15) is 4.79 Å². The second kappa shape index (κ2) is 3.29. The highest BCUT2D eigenvalue weighted by molar-refractivity contribution is 5.81. The Morgan fingerprint density at radius 3 is 2.69 bits per heavy atom. The summed E-state index contributed by atoms with van der Waals surface area (Å²) < 4.78 is 5.22. The summed E-state index contributed by atoms with van der Waals surface area (Å²) in [4.78, 5) is 13.7. The van der Waals surface area contributed by atoms with Crippen molar-refractivity contribution < 1.29 is 9.53 Å². The lowest BCUT2D eigenvalue weighted by Gasteiger charge is -2.15. The zero-order valence-corrected chi connectivity index (χ0v) is 8.32. The number of amides is 1. The third-order valence-electron chi connectivity index (χ3n) is 3.22. The first kappa shape index (κ1) is 9.00. The van der Waals surface area contributed by atoms with Gasteiger partial charge in [0.05, 0.1) is 6.10 Å². The van der Waals surface area contributed by atoms with Gasteiger partial charge in [-0.3, -0.25) is 4.79 Å². The summed E-state index contributed by atoms with van der Waals surface area (Å²) in [6, 6.07) is 0. The van der Waals surface area contributed by atoms with Gasteiger partial charge in [0.15, 0.2) is 0 Å². The van der Waals surface area contributed by atoms with Crippen molar-refractivity contribution in [1.29, 1.82) is 0 Å². The van der Waals surface area contributed by atoms with Crippen molar-refractivity contribution >= 4 is 5.91 Å². The first-order chi connectivity index (χ1) is 6.22. The Labute approximate surface area is 79.0 Å². The molecule has 2 aliphatic rings. The van der Waals surface area contributed by atoms with E-state index in [0.717, 1.165) is 25.9 Å². The minimum atomic E-state index is 0.276. The predicted octanol–water partition coefficient (Wildman–Crippen LogP) is 0.890. The highest BCUT2D eigenvalue weighted by Crippen LogP contribution is 2.39. The maximum Gasteiger partial charge on any atom is 0.226 e. The lowest BCUT2D eigenvalue weighted by Crippen LogP contribution is -2.31. The summed E-state index contributed by atoms with van der Waals surface area (Å²) in [7, 11) is 1.72. The summed E-state index contributed by atoms with van der Waals surface area (Å²) >= 11 is 0. The third-order valence-corrected chi connectivity index (χ3v) is 3.22. The molecule has 1 aliphatic heterocycles. The minimum Gasteiger partial charge on any atom is -0.380 e. The van der Waals surface area contributed by atoms with Crippen LogP contribution in [0.3, 0.4) is 0 Å². The number of likely N-dealkylation sites (tertiary alicyclic amines) is 1. The monoisotopic (exact) mass is 183 g/mol. The van der Waals surface area contributed by atoms with E-state index < -0.39 is 0 Å². The number of hydrogen-bond donors (Lipinski definition) is 0. The molecule has 0 N–H and O–H groups in total. The molecule has 2 fully saturated rings. The molecule has 0 radical (unpaired) electrons. The van der Waals surface area contributed by atoms with Gasteiger partial charge in [-0.25, -0.2) is 0 Å². The van der Waals surface area contributed by atoms with Crippen molar-refractivity contribution in [2.45, 2.75) is 25.9 Å². The van der Waals surface area contributed by atoms with Gasteiger partial charge in [0.1, 0.15) is 0 Å². The van der Waals surface area contributed by atoms with Crippen LogP contribution in [0.1, 0.15) is 19.8 Å². The number of carbonyl (C=O) groups excluding carboxylic acids is 1. The Kier molecular flexibility index (Phi) is 2.28. The highest BCUT2D eigenvalue weighted by Gasteiger charge is 2.42. The van der Waals surface area contributed by atoms with Crippen LogP contribution in [0.25, 0.3) is 0 Å². The minimum absolute atomic E-state index is 0.276. The highest BCUT2D eigenvalue weighted by atomic mass is 16.5. The number of carbonyl (C=O) groups is 1. The van der Waals surface area contributed by atoms with Gasteiger partial charge in [0.25, 0.3) is 0 Å². The van der Waals surface area contributed by atoms with Crippen molar-refractivity contribution in [2.75, 3.05) is 20.2 Å². The van der Waals surface area contributed by atoms with E-state index in [2.05, 4.69) is 6.92 Å². The fourth-order valence-electron chi connectivity index (χ4n) is 2.02. The van der Waals surface area contributed by atoms with E-state index in [1.807, 2.05) is 4.90 Å². The van der Waals surface area contributed by atoms with Crippen LogP contribution in [0.2, 0.25) is 0 Å². The Balaban J connectivity index is 1.85. The van der Waals surface area contributed by atoms with Crippen LogP contribution < -0.4 is 0 Å². The van der Waals surface area contributed by atoms with E-state index in [0.29, 0.717) is 17.7 Å². The second-order valence-electron chi connectivity index (χ2n) is 4.25. The summed E-state index contributed by atoms with van der Waals surface area (Å²) in [5.74, 6) is 1.30. The van der Waals surface area contributed by atoms with E-state index in [1.165, 1.54) is 0 Å². The van der Waals surface area contributed by atoms with Crippen LogP contribution in [-0.4, -0.2) is 37.1 Å². The van der Waals surface area contributed by atoms with Crippen molar-refractivity contribution in [3.8, 4) is 0 Å². The maximum absolute atomic E-state index is 11.7. The molecular weight excluding hydrogens is 166 g/mol. The molecule has 1 aliphatic carbocycles. The zero-order valence-electron chi connectivity index (χ0n) is 8.32. The fourth-order valence-corrected chi connectivity index (χ4v) is 2.02. The van der Waals surface area contributed by atoms with E-state index in [1.54, 1.807) is 7.11 Å². The van der Waals surface area contributed by atoms with Crippen LogP contribution in [-0.2, 0) is 9.53 Å². The average molecular weight is 183 g/mol. The summed E-state index contributed by atoms with van der Waals surface area (Å²) in [5, 5.41) is 0. The average Bonchev–Trinajstić information content (AvgIpc) is 2.70. The SMILES string of the molecule is CO[C@H]1CCN(C(=O)[C@H]2C[C@@H]2C)C1. The molecule has 74 valence electrons. The molecule has 0 aromatic rings. The van der Waals surface area contributed by atoms with Gasteiger partial charge >= 0.3 is 0 Å².